The minimum atomic E-state index is -0.434. The summed E-state index contributed by atoms with van der Waals surface area (Å²) >= 11 is 0. The SMILES string of the molecule is CCOc1ccc(C2=C(Nc3ccccc3OC)C(=O)N(Cc3ccco3)C2=O)cc1. The van der Waals surface area contributed by atoms with Gasteiger partial charge in [0.1, 0.15) is 23.0 Å². The van der Waals surface area contributed by atoms with Gasteiger partial charge in [0.25, 0.3) is 11.8 Å². The van der Waals surface area contributed by atoms with Gasteiger partial charge in [0, 0.05) is 0 Å². The second-order valence-corrected chi connectivity index (χ2v) is 6.81. The number of rotatable bonds is 8. The Morgan fingerprint density at radius 2 is 1.74 bits per heavy atom. The molecule has 1 aliphatic heterocycles. The van der Waals surface area contributed by atoms with Crippen molar-refractivity contribution in [2.75, 3.05) is 19.0 Å². The Kier molecular flexibility index (Phi) is 5.75. The first-order valence-electron chi connectivity index (χ1n) is 9.88. The van der Waals surface area contributed by atoms with Crippen LogP contribution in [0.15, 0.2) is 77.0 Å². The van der Waals surface area contributed by atoms with Crippen LogP contribution in [0.1, 0.15) is 18.2 Å². The third-order valence-electron chi connectivity index (χ3n) is 4.88. The summed E-state index contributed by atoms with van der Waals surface area (Å²) in [6.45, 7) is 2.48. The molecule has 31 heavy (non-hydrogen) atoms. The highest BCUT2D eigenvalue weighted by Crippen LogP contribution is 2.34. The first kappa shape index (κ1) is 20.3. The maximum absolute atomic E-state index is 13.3. The third kappa shape index (κ3) is 4.02. The molecule has 0 fully saturated rings. The van der Waals surface area contributed by atoms with Gasteiger partial charge in [0.2, 0.25) is 0 Å². The lowest BCUT2D eigenvalue weighted by Crippen LogP contribution is -2.31. The second kappa shape index (κ2) is 8.79. The van der Waals surface area contributed by atoms with Gasteiger partial charge in [-0.05, 0) is 48.9 Å². The molecule has 7 heteroatoms. The van der Waals surface area contributed by atoms with Crippen LogP contribution >= 0.6 is 0 Å². The lowest BCUT2D eigenvalue weighted by molar-refractivity contribution is -0.137. The van der Waals surface area contributed by atoms with E-state index in [-0.39, 0.29) is 17.8 Å². The summed E-state index contributed by atoms with van der Waals surface area (Å²) in [6.07, 6.45) is 1.51. The van der Waals surface area contributed by atoms with Crippen LogP contribution in [0, 0.1) is 0 Å². The fraction of sp³-hybridized carbons (Fsp3) is 0.167. The molecule has 3 aromatic rings. The summed E-state index contributed by atoms with van der Waals surface area (Å²) in [6, 6.07) is 17.8. The van der Waals surface area contributed by atoms with Gasteiger partial charge >= 0.3 is 0 Å². The van der Waals surface area contributed by atoms with Crippen LogP contribution in [0.2, 0.25) is 0 Å². The Balaban J connectivity index is 1.75. The normalized spacial score (nSPS) is 13.7. The number of furan rings is 1. The van der Waals surface area contributed by atoms with Crippen molar-refractivity contribution in [1.29, 1.82) is 0 Å². The van der Waals surface area contributed by atoms with Crippen LogP contribution in [0.25, 0.3) is 5.57 Å². The molecule has 1 N–H and O–H groups in total. The molecule has 2 amide bonds. The van der Waals surface area contributed by atoms with Crippen molar-refractivity contribution in [2.45, 2.75) is 13.5 Å². The van der Waals surface area contributed by atoms with Crippen molar-refractivity contribution in [3.63, 3.8) is 0 Å². The molecule has 0 spiro atoms. The molecule has 1 aliphatic rings. The summed E-state index contributed by atoms with van der Waals surface area (Å²) in [5.41, 5.74) is 1.67. The van der Waals surface area contributed by atoms with Crippen molar-refractivity contribution >= 4 is 23.1 Å². The number of imide groups is 1. The molecular weight excluding hydrogens is 396 g/mol. The van der Waals surface area contributed by atoms with E-state index in [1.165, 1.54) is 11.2 Å². The summed E-state index contributed by atoms with van der Waals surface area (Å²) < 4.78 is 16.2. The van der Waals surface area contributed by atoms with Gasteiger partial charge in [0.15, 0.2) is 0 Å². The van der Waals surface area contributed by atoms with Gasteiger partial charge in [-0.2, -0.15) is 0 Å². The predicted octanol–water partition coefficient (Wildman–Crippen LogP) is 4.08. The molecule has 2 aromatic carbocycles. The molecule has 7 nitrogen and oxygen atoms in total. The summed E-state index contributed by atoms with van der Waals surface area (Å²) in [4.78, 5) is 27.8. The quantitative estimate of drug-likeness (QED) is 0.555. The Bertz CT molecular complexity index is 1120. The highest BCUT2D eigenvalue weighted by Gasteiger charge is 2.39. The van der Waals surface area contributed by atoms with E-state index in [2.05, 4.69) is 5.32 Å². The Labute approximate surface area is 179 Å². The number of nitrogens with one attached hydrogen (secondary N) is 1. The fourth-order valence-electron chi connectivity index (χ4n) is 3.43. The van der Waals surface area contributed by atoms with E-state index in [0.29, 0.717) is 35.1 Å². The summed E-state index contributed by atoms with van der Waals surface area (Å²) in [5.74, 6) is 0.937. The van der Waals surface area contributed by atoms with Crippen molar-refractivity contribution in [2.24, 2.45) is 0 Å². The topological polar surface area (TPSA) is 81.0 Å². The molecule has 0 aliphatic carbocycles. The van der Waals surface area contributed by atoms with E-state index in [4.69, 9.17) is 13.9 Å². The van der Waals surface area contributed by atoms with Crippen molar-refractivity contribution < 1.29 is 23.5 Å². The van der Waals surface area contributed by atoms with Gasteiger partial charge < -0.3 is 19.2 Å². The van der Waals surface area contributed by atoms with Crippen LogP contribution in [-0.4, -0.2) is 30.4 Å². The Hall–Kier alpha value is -4.00. The van der Waals surface area contributed by atoms with Gasteiger partial charge in [-0.15, -0.1) is 0 Å². The van der Waals surface area contributed by atoms with Crippen LogP contribution in [0.3, 0.4) is 0 Å². The molecule has 0 atom stereocenters. The van der Waals surface area contributed by atoms with E-state index >= 15 is 0 Å². The van der Waals surface area contributed by atoms with Crippen LogP contribution in [-0.2, 0) is 16.1 Å². The van der Waals surface area contributed by atoms with Crippen LogP contribution in [0.5, 0.6) is 11.5 Å². The number of nitrogens with zero attached hydrogens (tertiary/aromatic N) is 1. The zero-order chi connectivity index (χ0) is 21.8. The number of carbonyl (C=O) groups is 2. The third-order valence-corrected chi connectivity index (χ3v) is 4.88. The molecule has 0 radical (unpaired) electrons. The van der Waals surface area contributed by atoms with Crippen molar-refractivity contribution in [3.8, 4) is 11.5 Å². The monoisotopic (exact) mass is 418 g/mol. The second-order valence-electron chi connectivity index (χ2n) is 6.81. The van der Waals surface area contributed by atoms with Gasteiger partial charge in [-0.25, -0.2) is 0 Å². The van der Waals surface area contributed by atoms with Gasteiger partial charge in [0.05, 0.1) is 37.8 Å². The molecule has 158 valence electrons. The minimum Gasteiger partial charge on any atom is -0.495 e. The minimum absolute atomic E-state index is 0.0439. The summed E-state index contributed by atoms with van der Waals surface area (Å²) in [5, 5.41) is 3.12. The molecule has 0 saturated heterocycles. The molecule has 0 unspecified atom stereocenters. The first-order chi connectivity index (χ1) is 15.1. The van der Waals surface area contributed by atoms with Crippen molar-refractivity contribution in [3.05, 3.63) is 83.9 Å². The molecule has 2 heterocycles. The number of ether oxygens (including phenoxy) is 2. The lowest BCUT2D eigenvalue weighted by Gasteiger charge is -2.14. The predicted molar refractivity (Wildman–Crippen MR) is 115 cm³/mol. The smallest absolute Gasteiger partial charge is 0.278 e. The molecule has 1 aromatic heterocycles. The molecule has 4 rings (SSSR count). The summed E-state index contributed by atoms with van der Waals surface area (Å²) in [7, 11) is 1.55. The number of carbonyl (C=O) groups excluding carboxylic acids is 2. The standard InChI is InChI=1S/C24H22N2O5/c1-3-30-17-12-10-16(11-13-17)21-22(25-19-8-4-5-9-20(19)29-2)24(28)26(23(21)27)15-18-7-6-14-31-18/h4-14,25H,3,15H2,1-2H3. The zero-order valence-corrected chi connectivity index (χ0v) is 17.3. The molecular formula is C24H22N2O5. The van der Waals surface area contributed by atoms with Crippen molar-refractivity contribution in [1.82, 2.24) is 4.90 Å². The highest BCUT2D eigenvalue weighted by atomic mass is 16.5. The number of anilines is 1. The number of hydrogen-bond donors (Lipinski definition) is 1. The lowest BCUT2D eigenvalue weighted by atomic mass is 10.0. The van der Waals surface area contributed by atoms with Gasteiger partial charge in [-0.3, -0.25) is 14.5 Å². The van der Waals surface area contributed by atoms with E-state index in [1.807, 2.05) is 19.1 Å². The van der Waals surface area contributed by atoms with Crippen LogP contribution < -0.4 is 14.8 Å². The maximum Gasteiger partial charge on any atom is 0.278 e. The largest absolute Gasteiger partial charge is 0.495 e. The number of benzene rings is 2. The fourth-order valence-corrected chi connectivity index (χ4v) is 3.43. The number of amides is 2. The van der Waals surface area contributed by atoms with Gasteiger partial charge in [-0.1, -0.05) is 24.3 Å². The molecule has 0 saturated carbocycles. The molecule has 0 bridgehead atoms. The first-order valence-corrected chi connectivity index (χ1v) is 9.88. The number of hydrogen-bond acceptors (Lipinski definition) is 6. The average molecular weight is 418 g/mol. The average Bonchev–Trinajstić information content (AvgIpc) is 3.38. The zero-order valence-electron chi connectivity index (χ0n) is 17.3. The number of methoxy groups -OCH3 is 1. The maximum atomic E-state index is 13.3. The Morgan fingerprint density at radius 1 is 0.968 bits per heavy atom. The van der Waals surface area contributed by atoms with Crippen LogP contribution in [0.4, 0.5) is 5.69 Å². The van der Waals surface area contributed by atoms with E-state index in [1.54, 1.807) is 55.6 Å². The Morgan fingerprint density at radius 3 is 2.42 bits per heavy atom. The van der Waals surface area contributed by atoms with E-state index < -0.39 is 11.8 Å². The van der Waals surface area contributed by atoms with E-state index in [0.717, 1.165) is 0 Å². The highest BCUT2D eigenvalue weighted by molar-refractivity contribution is 6.36. The number of para-hydroxylation sites is 2. The van der Waals surface area contributed by atoms with E-state index in [9.17, 15) is 9.59 Å².